The normalized spacial score (nSPS) is 11.2. The maximum atomic E-state index is 12.1. The molecule has 0 aromatic heterocycles. The van der Waals surface area contributed by atoms with Crippen LogP contribution >= 0.6 is 0 Å². The van der Waals surface area contributed by atoms with Gasteiger partial charge in [-0.05, 0) is 34.9 Å². The van der Waals surface area contributed by atoms with E-state index in [1.807, 2.05) is 24.3 Å². The van der Waals surface area contributed by atoms with Crippen LogP contribution in [0.2, 0.25) is 0 Å². The first-order valence-corrected chi connectivity index (χ1v) is 7.51. The van der Waals surface area contributed by atoms with Crippen molar-refractivity contribution >= 4 is 20.6 Å². The lowest BCUT2D eigenvalue weighted by atomic mass is 10.1. The summed E-state index contributed by atoms with van der Waals surface area (Å²) in [5.74, 6) is -0.00956. The van der Waals surface area contributed by atoms with E-state index in [1.165, 1.54) is 0 Å². The number of rotatable bonds is 5. The zero-order valence-corrected chi connectivity index (χ0v) is 11.0. The van der Waals surface area contributed by atoms with Gasteiger partial charge in [-0.25, -0.2) is 8.42 Å². The molecular formula is C13H13N3O2S. The van der Waals surface area contributed by atoms with Crippen molar-refractivity contribution in [2.75, 3.05) is 12.3 Å². The molecule has 5 nitrogen and oxygen atoms in total. The number of sulfone groups is 1. The van der Waals surface area contributed by atoms with Gasteiger partial charge < -0.3 is 0 Å². The van der Waals surface area contributed by atoms with E-state index < -0.39 is 9.84 Å². The third-order valence-electron chi connectivity index (χ3n) is 2.81. The summed E-state index contributed by atoms with van der Waals surface area (Å²) in [6.45, 7) is 0.198. The standard InChI is InChI=1S/C13H13N3O2S/c14-16-15-8-3-9-19(17,18)13-7-6-11-4-1-2-5-12(11)10-13/h1-2,4-7,10H,3,8-9H2. The molecule has 98 valence electrons. The van der Waals surface area contributed by atoms with Crippen LogP contribution in [0.3, 0.4) is 0 Å². The molecule has 6 heteroatoms. The Morgan fingerprint density at radius 1 is 1.11 bits per heavy atom. The molecule has 19 heavy (non-hydrogen) atoms. The molecule has 0 saturated heterocycles. The van der Waals surface area contributed by atoms with Crippen molar-refractivity contribution in [1.29, 1.82) is 0 Å². The van der Waals surface area contributed by atoms with Gasteiger partial charge in [0.05, 0.1) is 10.6 Å². The molecule has 0 aliphatic heterocycles. The molecule has 0 saturated carbocycles. The maximum absolute atomic E-state index is 12.1. The van der Waals surface area contributed by atoms with Crippen molar-refractivity contribution in [3.05, 3.63) is 52.9 Å². The molecule has 0 unspecified atom stereocenters. The Morgan fingerprint density at radius 2 is 1.84 bits per heavy atom. The predicted octanol–water partition coefficient (Wildman–Crippen LogP) is 3.31. The summed E-state index contributed by atoms with van der Waals surface area (Å²) in [5.41, 5.74) is 8.14. The fourth-order valence-electron chi connectivity index (χ4n) is 1.85. The van der Waals surface area contributed by atoms with Crippen LogP contribution in [0.5, 0.6) is 0 Å². The maximum Gasteiger partial charge on any atom is 0.178 e. The van der Waals surface area contributed by atoms with Gasteiger partial charge in [0, 0.05) is 11.5 Å². The second-order valence-corrected chi connectivity index (χ2v) is 6.25. The summed E-state index contributed by atoms with van der Waals surface area (Å²) in [7, 11) is -3.32. The Balaban J connectivity index is 2.24. The summed E-state index contributed by atoms with van der Waals surface area (Å²) in [6, 6.07) is 12.7. The molecule has 0 bridgehead atoms. The smallest absolute Gasteiger partial charge is 0.178 e. The van der Waals surface area contributed by atoms with Crippen LogP contribution in [0.1, 0.15) is 6.42 Å². The minimum atomic E-state index is -3.32. The highest BCUT2D eigenvalue weighted by molar-refractivity contribution is 7.91. The topological polar surface area (TPSA) is 82.9 Å². The van der Waals surface area contributed by atoms with Gasteiger partial charge >= 0.3 is 0 Å². The Kier molecular flexibility index (Phi) is 4.04. The summed E-state index contributed by atoms with van der Waals surface area (Å²) in [5, 5.41) is 5.25. The lowest BCUT2D eigenvalue weighted by molar-refractivity contribution is 0.593. The highest BCUT2D eigenvalue weighted by Crippen LogP contribution is 2.20. The van der Waals surface area contributed by atoms with E-state index in [9.17, 15) is 8.42 Å². The summed E-state index contributed by atoms with van der Waals surface area (Å²) in [4.78, 5) is 2.91. The van der Waals surface area contributed by atoms with E-state index in [0.29, 0.717) is 11.3 Å². The molecule has 0 N–H and O–H groups in total. The van der Waals surface area contributed by atoms with Crippen LogP contribution in [0.15, 0.2) is 52.5 Å². The third-order valence-corrected chi connectivity index (χ3v) is 4.61. The van der Waals surface area contributed by atoms with Crippen LogP contribution in [0.4, 0.5) is 0 Å². The number of hydrogen-bond acceptors (Lipinski definition) is 3. The van der Waals surface area contributed by atoms with Crippen molar-refractivity contribution in [2.45, 2.75) is 11.3 Å². The second-order valence-electron chi connectivity index (χ2n) is 4.14. The van der Waals surface area contributed by atoms with Gasteiger partial charge in [0.15, 0.2) is 9.84 Å². The fraction of sp³-hybridized carbons (Fsp3) is 0.231. The number of hydrogen-bond donors (Lipinski definition) is 0. The molecular weight excluding hydrogens is 262 g/mol. The summed E-state index contributed by atoms with van der Waals surface area (Å²) >= 11 is 0. The van der Waals surface area contributed by atoms with Gasteiger partial charge in [0.25, 0.3) is 0 Å². The van der Waals surface area contributed by atoms with Crippen LogP contribution in [0, 0.1) is 0 Å². The zero-order chi connectivity index (χ0) is 13.7. The molecule has 2 rings (SSSR count). The zero-order valence-electron chi connectivity index (χ0n) is 10.2. The largest absolute Gasteiger partial charge is 0.224 e. The van der Waals surface area contributed by atoms with Gasteiger partial charge in [-0.1, -0.05) is 35.4 Å². The molecule has 0 radical (unpaired) electrons. The van der Waals surface area contributed by atoms with Crippen molar-refractivity contribution < 1.29 is 8.42 Å². The van der Waals surface area contributed by atoms with Gasteiger partial charge in [0.1, 0.15) is 0 Å². The highest BCUT2D eigenvalue weighted by Gasteiger charge is 2.13. The first kappa shape index (κ1) is 13.4. The minimum Gasteiger partial charge on any atom is -0.224 e. The molecule has 2 aromatic carbocycles. The van der Waals surface area contributed by atoms with Crippen molar-refractivity contribution in [1.82, 2.24) is 0 Å². The average Bonchev–Trinajstić information content (AvgIpc) is 2.43. The predicted molar refractivity (Wildman–Crippen MR) is 74.6 cm³/mol. The highest BCUT2D eigenvalue weighted by atomic mass is 32.2. The van der Waals surface area contributed by atoms with Gasteiger partial charge in [-0.3, -0.25) is 0 Å². The quantitative estimate of drug-likeness (QED) is 0.363. The number of nitrogens with zero attached hydrogens (tertiary/aromatic N) is 3. The first-order valence-electron chi connectivity index (χ1n) is 5.86. The molecule has 0 spiro atoms. The van der Waals surface area contributed by atoms with Crippen molar-refractivity contribution in [3.63, 3.8) is 0 Å². The molecule has 0 fully saturated rings. The Bertz CT molecular complexity index is 734. The minimum absolute atomic E-state index is 0.00956. The molecule has 0 aliphatic rings. The number of azide groups is 1. The van der Waals surface area contributed by atoms with Crippen LogP contribution in [0.25, 0.3) is 21.2 Å². The van der Waals surface area contributed by atoms with E-state index >= 15 is 0 Å². The Hall–Kier alpha value is -2.04. The molecule has 0 amide bonds. The van der Waals surface area contributed by atoms with Gasteiger partial charge in [-0.2, -0.15) is 0 Å². The molecule has 0 atom stereocenters. The van der Waals surface area contributed by atoms with Gasteiger partial charge in [0.2, 0.25) is 0 Å². The van der Waals surface area contributed by atoms with Crippen LogP contribution in [-0.4, -0.2) is 20.7 Å². The van der Waals surface area contributed by atoms with E-state index in [-0.39, 0.29) is 12.3 Å². The monoisotopic (exact) mass is 275 g/mol. The van der Waals surface area contributed by atoms with E-state index in [4.69, 9.17) is 5.53 Å². The molecule has 0 heterocycles. The average molecular weight is 275 g/mol. The van der Waals surface area contributed by atoms with E-state index in [0.717, 1.165) is 10.8 Å². The first-order chi connectivity index (χ1) is 9.13. The Labute approximate surface area is 111 Å². The second kappa shape index (κ2) is 5.73. The molecule has 2 aromatic rings. The Morgan fingerprint density at radius 3 is 2.58 bits per heavy atom. The van der Waals surface area contributed by atoms with E-state index in [1.54, 1.807) is 18.2 Å². The van der Waals surface area contributed by atoms with Gasteiger partial charge in [-0.15, -0.1) is 0 Å². The van der Waals surface area contributed by atoms with Crippen molar-refractivity contribution in [2.24, 2.45) is 5.11 Å². The van der Waals surface area contributed by atoms with Crippen LogP contribution in [-0.2, 0) is 9.84 Å². The lowest BCUT2D eigenvalue weighted by Crippen LogP contribution is -2.07. The summed E-state index contributed by atoms with van der Waals surface area (Å²) < 4.78 is 24.2. The number of benzene rings is 2. The van der Waals surface area contributed by atoms with Crippen LogP contribution < -0.4 is 0 Å². The number of fused-ring (bicyclic) bond motifs is 1. The lowest BCUT2D eigenvalue weighted by Gasteiger charge is -2.05. The van der Waals surface area contributed by atoms with E-state index in [2.05, 4.69) is 10.0 Å². The fourth-order valence-corrected chi connectivity index (χ4v) is 3.18. The third kappa shape index (κ3) is 3.24. The molecule has 0 aliphatic carbocycles. The summed E-state index contributed by atoms with van der Waals surface area (Å²) in [6.07, 6.45) is 0.333. The SMILES string of the molecule is [N-]=[N+]=NCCCS(=O)(=O)c1ccc2ccccc2c1. The van der Waals surface area contributed by atoms with Crippen molar-refractivity contribution in [3.8, 4) is 0 Å².